The molecule has 1 aromatic heterocycles. The minimum absolute atomic E-state index is 0.345. The Kier molecular flexibility index (Phi) is 2.48. The van der Waals surface area contributed by atoms with Crippen molar-refractivity contribution in [2.45, 2.75) is 47.7 Å². The van der Waals surface area contributed by atoms with Gasteiger partial charge in [-0.05, 0) is 25.0 Å². The molecule has 0 radical (unpaired) electrons. The van der Waals surface area contributed by atoms with Crippen LogP contribution in [-0.2, 0) is 0 Å². The smallest absolute Gasteiger partial charge is 0.168 e. The van der Waals surface area contributed by atoms with E-state index in [0.29, 0.717) is 16.8 Å². The van der Waals surface area contributed by atoms with Gasteiger partial charge in [0.05, 0.1) is 16.8 Å². The lowest BCUT2D eigenvalue weighted by Gasteiger charge is -2.39. The lowest BCUT2D eigenvalue weighted by molar-refractivity contribution is 0.426. The normalized spacial score (nSPS) is 29.0. The molecule has 0 bridgehead atoms. The van der Waals surface area contributed by atoms with Crippen LogP contribution in [-0.4, -0.2) is 26.9 Å². The number of rotatable bonds is 1. The van der Waals surface area contributed by atoms with Crippen molar-refractivity contribution in [3.8, 4) is 0 Å². The zero-order chi connectivity index (χ0) is 13.9. The maximum atomic E-state index is 4.54. The van der Waals surface area contributed by atoms with Crippen molar-refractivity contribution >= 4 is 17.4 Å². The quantitative estimate of drug-likeness (QED) is 0.800. The van der Waals surface area contributed by atoms with Gasteiger partial charge in [-0.25, -0.2) is 4.98 Å². The van der Waals surface area contributed by atoms with E-state index in [9.17, 15) is 0 Å². The van der Waals surface area contributed by atoms with E-state index < -0.39 is 0 Å². The van der Waals surface area contributed by atoms with E-state index in [0.717, 1.165) is 6.54 Å². The van der Waals surface area contributed by atoms with Gasteiger partial charge in [-0.1, -0.05) is 42.8 Å². The molecule has 4 heteroatoms. The highest BCUT2D eigenvalue weighted by Crippen LogP contribution is 2.57. The number of hydrogen-bond acceptors (Lipinski definition) is 3. The SMILES string of the molecule is c1ccc(N2CC3C(Sc4nccn43)C23CCCC3)cc1. The Hall–Kier alpha value is -1.42. The standard InChI is InChI=1S/C17H19N3S/c1-2-6-13(7-3-1)20-12-14-15(17(20)8-4-5-9-17)21-16-18-10-11-19(14)16/h1-3,6-7,10-11,14-15H,4-5,8-9,12H2. The molecule has 3 nitrogen and oxygen atoms in total. The van der Waals surface area contributed by atoms with E-state index >= 15 is 0 Å². The molecule has 0 amide bonds. The third-order valence-electron chi connectivity index (χ3n) is 5.55. The number of anilines is 1. The molecule has 1 saturated heterocycles. The molecular weight excluding hydrogens is 278 g/mol. The summed E-state index contributed by atoms with van der Waals surface area (Å²) in [4.78, 5) is 7.25. The highest BCUT2D eigenvalue weighted by atomic mass is 32.2. The van der Waals surface area contributed by atoms with E-state index in [1.807, 2.05) is 18.0 Å². The number of thioether (sulfide) groups is 1. The van der Waals surface area contributed by atoms with Gasteiger partial charge in [-0.2, -0.15) is 0 Å². The molecular formula is C17H19N3S. The van der Waals surface area contributed by atoms with Gasteiger partial charge in [-0.15, -0.1) is 0 Å². The van der Waals surface area contributed by atoms with E-state index in [1.54, 1.807) is 0 Å². The Balaban J connectivity index is 1.61. The third-order valence-corrected chi connectivity index (χ3v) is 7.08. The molecule has 2 aromatic rings. The van der Waals surface area contributed by atoms with Gasteiger partial charge in [0.15, 0.2) is 5.16 Å². The summed E-state index contributed by atoms with van der Waals surface area (Å²) in [6.45, 7) is 1.13. The van der Waals surface area contributed by atoms with Gasteiger partial charge in [-0.3, -0.25) is 0 Å². The predicted molar refractivity (Wildman–Crippen MR) is 85.9 cm³/mol. The van der Waals surface area contributed by atoms with Crippen molar-refractivity contribution in [3.05, 3.63) is 42.7 Å². The summed E-state index contributed by atoms with van der Waals surface area (Å²) in [7, 11) is 0. The second kappa shape index (κ2) is 4.29. The van der Waals surface area contributed by atoms with Crippen LogP contribution >= 0.6 is 11.8 Å². The summed E-state index contributed by atoms with van der Waals surface area (Å²) in [5.41, 5.74) is 1.74. The molecule has 1 aliphatic carbocycles. The lowest BCUT2D eigenvalue weighted by Crippen LogP contribution is -2.47. The molecule has 1 spiro atoms. The molecule has 108 valence electrons. The number of hydrogen-bond donors (Lipinski definition) is 0. The third kappa shape index (κ3) is 1.54. The average molecular weight is 297 g/mol. The summed E-state index contributed by atoms with van der Waals surface area (Å²) < 4.78 is 2.42. The van der Waals surface area contributed by atoms with Crippen LogP contribution in [0.25, 0.3) is 0 Å². The second-order valence-electron chi connectivity index (χ2n) is 6.48. The zero-order valence-corrected chi connectivity index (χ0v) is 12.8. The van der Waals surface area contributed by atoms with E-state index in [4.69, 9.17) is 0 Å². The Morgan fingerprint density at radius 3 is 2.76 bits per heavy atom. The Morgan fingerprint density at radius 1 is 1.14 bits per heavy atom. The summed E-state index contributed by atoms with van der Waals surface area (Å²) >= 11 is 2.02. The first-order valence-corrected chi connectivity index (χ1v) is 8.79. The van der Waals surface area contributed by atoms with Crippen LogP contribution in [0.15, 0.2) is 47.9 Å². The molecule has 5 rings (SSSR count). The van der Waals surface area contributed by atoms with Crippen LogP contribution in [0.5, 0.6) is 0 Å². The minimum Gasteiger partial charge on any atom is -0.363 e. The molecule has 1 aromatic carbocycles. The van der Waals surface area contributed by atoms with Crippen molar-refractivity contribution in [2.75, 3.05) is 11.4 Å². The van der Waals surface area contributed by atoms with Gasteiger partial charge in [0.2, 0.25) is 0 Å². The monoisotopic (exact) mass is 297 g/mol. The van der Waals surface area contributed by atoms with Gasteiger partial charge in [0.25, 0.3) is 0 Å². The van der Waals surface area contributed by atoms with Gasteiger partial charge in [0, 0.05) is 24.6 Å². The first-order valence-electron chi connectivity index (χ1n) is 7.91. The van der Waals surface area contributed by atoms with Crippen LogP contribution in [0.4, 0.5) is 5.69 Å². The van der Waals surface area contributed by atoms with Crippen molar-refractivity contribution < 1.29 is 0 Å². The van der Waals surface area contributed by atoms with Crippen molar-refractivity contribution in [2.24, 2.45) is 0 Å². The number of benzene rings is 1. The molecule has 2 unspecified atom stereocenters. The molecule has 3 heterocycles. The number of imidazole rings is 1. The number of fused-ring (bicyclic) bond motifs is 4. The first-order chi connectivity index (χ1) is 10.4. The molecule has 2 aliphatic heterocycles. The number of aromatic nitrogens is 2. The zero-order valence-electron chi connectivity index (χ0n) is 12.0. The maximum Gasteiger partial charge on any atom is 0.168 e. The van der Waals surface area contributed by atoms with Gasteiger partial charge >= 0.3 is 0 Å². The Labute approximate surface area is 129 Å². The average Bonchev–Trinajstić information content (AvgIpc) is 3.25. The fourth-order valence-corrected chi connectivity index (χ4v) is 6.29. The van der Waals surface area contributed by atoms with Gasteiger partial charge < -0.3 is 9.47 Å². The minimum atomic E-state index is 0.345. The lowest BCUT2D eigenvalue weighted by atomic mass is 9.91. The van der Waals surface area contributed by atoms with Crippen molar-refractivity contribution in [3.63, 3.8) is 0 Å². The largest absolute Gasteiger partial charge is 0.363 e. The predicted octanol–water partition coefficient (Wildman–Crippen LogP) is 3.73. The van der Waals surface area contributed by atoms with E-state index in [1.165, 1.54) is 36.5 Å². The summed E-state index contributed by atoms with van der Waals surface area (Å²) in [5, 5.41) is 1.90. The van der Waals surface area contributed by atoms with Crippen molar-refractivity contribution in [1.82, 2.24) is 9.55 Å². The Morgan fingerprint density at radius 2 is 1.95 bits per heavy atom. The molecule has 1 saturated carbocycles. The van der Waals surface area contributed by atoms with E-state index in [2.05, 4.69) is 51.0 Å². The van der Waals surface area contributed by atoms with Crippen LogP contribution in [0.2, 0.25) is 0 Å². The second-order valence-corrected chi connectivity index (χ2v) is 7.59. The summed E-state index contributed by atoms with van der Waals surface area (Å²) in [6.07, 6.45) is 9.53. The number of para-hydroxylation sites is 1. The Bertz CT molecular complexity index is 660. The first kappa shape index (κ1) is 12.2. The topological polar surface area (TPSA) is 21.1 Å². The van der Waals surface area contributed by atoms with Crippen LogP contribution < -0.4 is 4.90 Å². The summed E-state index contributed by atoms with van der Waals surface area (Å²) in [5.74, 6) is 0. The van der Waals surface area contributed by atoms with Crippen molar-refractivity contribution in [1.29, 1.82) is 0 Å². The maximum absolute atomic E-state index is 4.54. The fraction of sp³-hybridized carbons (Fsp3) is 0.471. The summed E-state index contributed by atoms with van der Waals surface area (Å²) in [6, 6.07) is 11.6. The molecule has 2 atom stereocenters. The number of nitrogens with zero attached hydrogens (tertiary/aromatic N) is 3. The fourth-order valence-electron chi connectivity index (χ4n) is 4.67. The highest BCUT2D eigenvalue weighted by molar-refractivity contribution is 8.00. The van der Waals surface area contributed by atoms with Crippen LogP contribution in [0, 0.1) is 0 Å². The molecule has 0 N–H and O–H groups in total. The van der Waals surface area contributed by atoms with E-state index in [-0.39, 0.29) is 0 Å². The molecule has 3 aliphatic rings. The molecule has 21 heavy (non-hydrogen) atoms. The highest BCUT2D eigenvalue weighted by Gasteiger charge is 2.58. The van der Waals surface area contributed by atoms with Crippen LogP contribution in [0.3, 0.4) is 0 Å². The van der Waals surface area contributed by atoms with Gasteiger partial charge in [0.1, 0.15) is 0 Å². The van der Waals surface area contributed by atoms with Crippen LogP contribution in [0.1, 0.15) is 31.7 Å². The molecule has 2 fully saturated rings.